The van der Waals surface area contributed by atoms with E-state index in [1.807, 2.05) is 20.8 Å². The first-order valence-corrected chi connectivity index (χ1v) is 9.57. The molecule has 0 saturated carbocycles. The minimum atomic E-state index is -0.591. The van der Waals surface area contributed by atoms with E-state index in [1.54, 1.807) is 11.0 Å². The van der Waals surface area contributed by atoms with Crippen molar-refractivity contribution in [1.29, 1.82) is 0 Å². The summed E-state index contributed by atoms with van der Waals surface area (Å²) < 4.78 is 15.3. The summed E-state index contributed by atoms with van der Waals surface area (Å²) in [6.07, 6.45) is 1.13. The van der Waals surface area contributed by atoms with E-state index in [0.29, 0.717) is 43.1 Å². The highest BCUT2D eigenvalue weighted by Gasteiger charge is 2.33. The van der Waals surface area contributed by atoms with Gasteiger partial charge in [-0.25, -0.2) is 4.79 Å². The molecule has 2 rings (SSSR count). The lowest BCUT2D eigenvalue weighted by Crippen LogP contribution is -2.45. The Labute approximate surface area is 171 Å². The highest BCUT2D eigenvalue weighted by Crippen LogP contribution is 2.34. The molecule has 1 N–H and O–H groups in total. The van der Waals surface area contributed by atoms with Gasteiger partial charge in [-0.2, -0.15) is 0 Å². The van der Waals surface area contributed by atoms with Gasteiger partial charge in [-0.3, -0.25) is 9.59 Å². The number of likely N-dealkylation sites (tertiary alicyclic amines) is 1. The van der Waals surface area contributed by atoms with E-state index in [1.165, 1.54) is 27.4 Å². The number of carbonyl (C=O) groups excluding carboxylic acids is 3. The lowest BCUT2D eigenvalue weighted by Gasteiger charge is -2.35. The summed E-state index contributed by atoms with van der Waals surface area (Å²) in [7, 11) is 4.21. The third-order valence-corrected chi connectivity index (χ3v) is 4.98. The second-order valence-electron chi connectivity index (χ2n) is 8.05. The predicted octanol–water partition coefficient (Wildman–Crippen LogP) is 2.71. The van der Waals surface area contributed by atoms with Crippen molar-refractivity contribution >= 4 is 23.5 Å². The lowest BCUT2D eigenvalue weighted by atomic mass is 9.90. The lowest BCUT2D eigenvalue weighted by molar-refractivity contribution is -0.142. The standard InChI is InChI=1S/C21H30N2O6/c1-21(2,3)20(26)23-9-7-13(8-10-23)18(24)22-15-12-17(28-5)16(27-4)11-14(15)19(25)29-6/h11-13H,7-10H2,1-6H3,(H,22,24). The van der Waals surface area contributed by atoms with Gasteiger partial charge in [0.15, 0.2) is 11.5 Å². The number of hydrogen-bond donors (Lipinski definition) is 1. The first-order valence-electron chi connectivity index (χ1n) is 9.57. The van der Waals surface area contributed by atoms with Crippen LogP contribution in [0.25, 0.3) is 0 Å². The summed E-state index contributed by atoms with van der Waals surface area (Å²) in [6.45, 7) is 6.73. The van der Waals surface area contributed by atoms with Crippen molar-refractivity contribution in [2.75, 3.05) is 39.7 Å². The summed E-state index contributed by atoms with van der Waals surface area (Å²) in [5.74, 6) is -0.208. The Morgan fingerprint density at radius 3 is 2.03 bits per heavy atom. The van der Waals surface area contributed by atoms with Gasteiger partial charge in [-0.15, -0.1) is 0 Å². The van der Waals surface area contributed by atoms with Gasteiger partial charge in [0.1, 0.15) is 0 Å². The zero-order valence-electron chi connectivity index (χ0n) is 18.0. The highest BCUT2D eigenvalue weighted by atomic mass is 16.5. The van der Waals surface area contributed by atoms with Gasteiger partial charge < -0.3 is 24.4 Å². The minimum absolute atomic E-state index is 0.0872. The van der Waals surface area contributed by atoms with Crippen molar-refractivity contribution in [3.05, 3.63) is 17.7 Å². The van der Waals surface area contributed by atoms with E-state index in [9.17, 15) is 14.4 Å². The molecule has 0 unspecified atom stereocenters. The van der Waals surface area contributed by atoms with Crippen LogP contribution in [0, 0.1) is 11.3 Å². The molecule has 0 spiro atoms. The second kappa shape index (κ2) is 9.15. The molecule has 0 atom stereocenters. The molecule has 29 heavy (non-hydrogen) atoms. The van der Waals surface area contributed by atoms with Crippen LogP contribution in [-0.4, -0.2) is 57.1 Å². The Morgan fingerprint density at radius 2 is 1.55 bits per heavy atom. The topological polar surface area (TPSA) is 94.2 Å². The second-order valence-corrected chi connectivity index (χ2v) is 8.05. The van der Waals surface area contributed by atoms with Crippen LogP contribution in [0.3, 0.4) is 0 Å². The van der Waals surface area contributed by atoms with Gasteiger partial charge in [0.05, 0.1) is 32.6 Å². The third-order valence-electron chi connectivity index (χ3n) is 4.98. The number of anilines is 1. The molecule has 1 aliphatic heterocycles. The summed E-state index contributed by atoms with van der Waals surface area (Å²) >= 11 is 0. The van der Waals surface area contributed by atoms with E-state index in [-0.39, 0.29) is 23.3 Å². The normalized spacial score (nSPS) is 14.9. The van der Waals surface area contributed by atoms with Crippen LogP contribution < -0.4 is 14.8 Å². The number of carbonyl (C=O) groups is 3. The maximum atomic E-state index is 12.8. The number of benzene rings is 1. The van der Waals surface area contributed by atoms with Crippen molar-refractivity contribution in [2.24, 2.45) is 11.3 Å². The Balaban J connectivity index is 2.15. The Morgan fingerprint density at radius 1 is 1.00 bits per heavy atom. The van der Waals surface area contributed by atoms with E-state index in [0.717, 1.165) is 0 Å². The maximum absolute atomic E-state index is 12.8. The molecule has 8 heteroatoms. The first kappa shape index (κ1) is 22.5. The first-order chi connectivity index (χ1) is 13.6. The molecule has 0 radical (unpaired) electrons. The van der Waals surface area contributed by atoms with E-state index >= 15 is 0 Å². The SMILES string of the molecule is COC(=O)c1cc(OC)c(OC)cc1NC(=O)C1CCN(C(=O)C(C)(C)C)CC1. The molecule has 2 amide bonds. The van der Waals surface area contributed by atoms with Crippen molar-refractivity contribution in [3.63, 3.8) is 0 Å². The average molecular weight is 406 g/mol. The fraction of sp³-hybridized carbons (Fsp3) is 0.571. The van der Waals surface area contributed by atoms with Crippen LogP contribution in [0.2, 0.25) is 0 Å². The zero-order chi connectivity index (χ0) is 21.8. The van der Waals surface area contributed by atoms with Crippen LogP contribution in [-0.2, 0) is 14.3 Å². The molecule has 1 fully saturated rings. The summed E-state index contributed by atoms with van der Waals surface area (Å²) in [5, 5.41) is 2.82. The molecule has 0 aliphatic carbocycles. The van der Waals surface area contributed by atoms with Crippen molar-refractivity contribution in [1.82, 2.24) is 4.90 Å². The van der Waals surface area contributed by atoms with Gasteiger partial charge in [0, 0.05) is 36.6 Å². The quantitative estimate of drug-likeness (QED) is 0.756. The molecule has 160 valence electrons. The number of amides is 2. The van der Waals surface area contributed by atoms with Gasteiger partial charge in [-0.1, -0.05) is 20.8 Å². The molecule has 1 saturated heterocycles. The molecule has 1 aliphatic rings. The summed E-state index contributed by atoms with van der Waals surface area (Å²) in [5.41, 5.74) is 0.0380. The molecular weight excluding hydrogens is 376 g/mol. The number of hydrogen-bond acceptors (Lipinski definition) is 6. The fourth-order valence-corrected chi connectivity index (χ4v) is 3.32. The fourth-order valence-electron chi connectivity index (χ4n) is 3.32. The monoisotopic (exact) mass is 406 g/mol. The molecule has 1 heterocycles. The number of nitrogens with zero attached hydrogens (tertiary/aromatic N) is 1. The summed E-state index contributed by atoms with van der Waals surface area (Å²) in [6, 6.07) is 3.02. The van der Waals surface area contributed by atoms with Crippen LogP contribution in [0.15, 0.2) is 12.1 Å². The van der Waals surface area contributed by atoms with Gasteiger partial charge >= 0.3 is 5.97 Å². The minimum Gasteiger partial charge on any atom is -0.493 e. The molecule has 0 bridgehead atoms. The highest BCUT2D eigenvalue weighted by molar-refractivity contribution is 6.02. The molecule has 1 aromatic rings. The van der Waals surface area contributed by atoms with Crippen LogP contribution >= 0.6 is 0 Å². The molecule has 0 aromatic heterocycles. The number of rotatable bonds is 5. The third kappa shape index (κ3) is 5.19. The van der Waals surface area contributed by atoms with Gasteiger partial charge in [-0.05, 0) is 12.8 Å². The van der Waals surface area contributed by atoms with Crippen molar-refractivity contribution in [2.45, 2.75) is 33.6 Å². The van der Waals surface area contributed by atoms with Gasteiger partial charge in [0.2, 0.25) is 11.8 Å². The van der Waals surface area contributed by atoms with Crippen molar-refractivity contribution < 1.29 is 28.6 Å². The van der Waals surface area contributed by atoms with Crippen LogP contribution in [0.4, 0.5) is 5.69 Å². The molecule has 8 nitrogen and oxygen atoms in total. The van der Waals surface area contributed by atoms with Crippen LogP contribution in [0.1, 0.15) is 44.0 Å². The van der Waals surface area contributed by atoms with E-state index in [2.05, 4.69) is 5.32 Å². The van der Waals surface area contributed by atoms with Crippen LogP contribution in [0.5, 0.6) is 11.5 Å². The summed E-state index contributed by atoms with van der Waals surface area (Å²) in [4.78, 5) is 39.2. The number of ether oxygens (including phenoxy) is 3. The Kier molecular flexibility index (Phi) is 7.11. The zero-order valence-corrected chi connectivity index (χ0v) is 18.0. The molecule has 1 aromatic carbocycles. The number of piperidine rings is 1. The predicted molar refractivity (Wildman–Crippen MR) is 108 cm³/mol. The number of esters is 1. The van der Waals surface area contributed by atoms with Crippen molar-refractivity contribution in [3.8, 4) is 11.5 Å². The molecular formula is C21H30N2O6. The smallest absolute Gasteiger partial charge is 0.340 e. The van der Waals surface area contributed by atoms with E-state index < -0.39 is 11.4 Å². The maximum Gasteiger partial charge on any atom is 0.340 e. The van der Waals surface area contributed by atoms with E-state index in [4.69, 9.17) is 14.2 Å². The number of methoxy groups -OCH3 is 3. The number of nitrogens with one attached hydrogen (secondary N) is 1. The Bertz CT molecular complexity index is 776. The van der Waals surface area contributed by atoms with Gasteiger partial charge in [0.25, 0.3) is 0 Å². The average Bonchev–Trinajstić information content (AvgIpc) is 2.71. The Hall–Kier alpha value is -2.77. The largest absolute Gasteiger partial charge is 0.493 e.